The van der Waals surface area contributed by atoms with Gasteiger partial charge in [0.1, 0.15) is 12.4 Å². The number of benzene rings is 1. The first kappa shape index (κ1) is 10.5. The van der Waals surface area contributed by atoms with E-state index in [4.69, 9.17) is 10.5 Å². The molecule has 0 heterocycles. The molecule has 0 spiro atoms. The molecular weight excluding hydrogens is 184 g/mol. The summed E-state index contributed by atoms with van der Waals surface area (Å²) >= 11 is 0. The Morgan fingerprint density at radius 2 is 2.07 bits per heavy atom. The third-order valence-electron chi connectivity index (χ3n) is 1.56. The van der Waals surface area contributed by atoms with E-state index in [0.717, 1.165) is 0 Å². The highest BCUT2D eigenvalue weighted by Crippen LogP contribution is 2.17. The van der Waals surface area contributed by atoms with Crippen molar-refractivity contribution in [2.45, 2.75) is 13.0 Å². The maximum Gasteiger partial charge on any atom is 0.269 e. The number of nitrogens with two attached hydrogens (primary N) is 1. The lowest BCUT2D eigenvalue weighted by Crippen LogP contribution is -2.23. The summed E-state index contributed by atoms with van der Waals surface area (Å²) in [5, 5.41) is 10.3. The molecule has 0 radical (unpaired) electrons. The highest BCUT2D eigenvalue weighted by Gasteiger charge is 2.04. The van der Waals surface area contributed by atoms with Crippen LogP contribution in [0.25, 0.3) is 0 Å². The molecule has 1 atom stereocenters. The third-order valence-corrected chi connectivity index (χ3v) is 1.56. The average molecular weight is 196 g/mol. The van der Waals surface area contributed by atoms with Crippen molar-refractivity contribution in [2.24, 2.45) is 5.73 Å². The van der Waals surface area contributed by atoms with Gasteiger partial charge in [0.15, 0.2) is 0 Å². The molecule has 0 fully saturated rings. The van der Waals surface area contributed by atoms with Gasteiger partial charge in [-0.25, -0.2) is 0 Å². The number of hydrogen-bond donors (Lipinski definition) is 1. The minimum atomic E-state index is -0.449. The van der Waals surface area contributed by atoms with E-state index in [2.05, 4.69) is 0 Å². The quantitative estimate of drug-likeness (QED) is 0.581. The molecule has 5 nitrogen and oxygen atoms in total. The van der Waals surface area contributed by atoms with E-state index in [0.29, 0.717) is 12.4 Å². The predicted octanol–water partition coefficient (Wildman–Crippen LogP) is 1.32. The zero-order chi connectivity index (χ0) is 10.6. The summed E-state index contributed by atoms with van der Waals surface area (Å²) in [6.45, 7) is 2.23. The van der Waals surface area contributed by atoms with Gasteiger partial charge in [0, 0.05) is 18.2 Å². The predicted molar refractivity (Wildman–Crippen MR) is 52.2 cm³/mol. The molecule has 1 rings (SSSR count). The molecular formula is C9H12N2O3. The lowest BCUT2D eigenvalue weighted by Gasteiger charge is -2.07. The molecule has 14 heavy (non-hydrogen) atoms. The zero-order valence-corrected chi connectivity index (χ0v) is 7.84. The molecule has 0 aliphatic carbocycles. The van der Waals surface area contributed by atoms with Gasteiger partial charge in [-0.15, -0.1) is 0 Å². The van der Waals surface area contributed by atoms with Crippen molar-refractivity contribution in [2.75, 3.05) is 6.61 Å². The van der Waals surface area contributed by atoms with Crippen LogP contribution in [-0.4, -0.2) is 17.6 Å². The van der Waals surface area contributed by atoms with Crippen LogP contribution >= 0.6 is 0 Å². The molecule has 0 aliphatic rings. The van der Waals surface area contributed by atoms with Crippen LogP contribution in [0.3, 0.4) is 0 Å². The van der Waals surface area contributed by atoms with Crippen molar-refractivity contribution in [3.63, 3.8) is 0 Å². The Balaban J connectivity index is 2.60. The highest BCUT2D eigenvalue weighted by atomic mass is 16.6. The van der Waals surface area contributed by atoms with Crippen molar-refractivity contribution in [1.82, 2.24) is 0 Å². The average Bonchev–Trinajstić information content (AvgIpc) is 2.15. The lowest BCUT2D eigenvalue weighted by molar-refractivity contribution is -0.384. The molecule has 0 saturated carbocycles. The van der Waals surface area contributed by atoms with Crippen LogP contribution in [0.4, 0.5) is 5.69 Å². The van der Waals surface area contributed by atoms with E-state index in [1.807, 2.05) is 6.92 Å². The largest absolute Gasteiger partial charge is 0.492 e. The maximum absolute atomic E-state index is 10.3. The van der Waals surface area contributed by atoms with Crippen LogP contribution in [0.1, 0.15) is 6.92 Å². The van der Waals surface area contributed by atoms with Gasteiger partial charge in [-0.2, -0.15) is 0 Å². The Labute approximate surface area is 81.6 Å². The Bertz CT molecular complexity index is 308. The first-order valence-electron chi connectivity index (χ1n) is 4.22. The van der Waals surface area contributed by atoms with E-state index in [1.54, 1.807) is 12.1 Å². The minimum absolute atomic E-state index is 0.0507. The number of nitrogens with zero attached hydrogens (tertiary/aromatic N) is 1. The second-order valence-corrected chi connectivity index (χ2v) is 3.04. The number of nitro groups is 1. The van der Waals surface area contributed by atoms with Gasteiger partial charge in [-0.1, -0.05) is 0 Å². The molecule has 1 aromatic carbocycles. The van der Waals surface area contributed by atoms with Gasteiger partial charge in [0.05, 0.1) is 4.92 Å². The van der Waals surface area contributed by atoms with Gasteiger partial charge < -0.3 is 10.5 Å². The molecule has 1 aromatic rings. The van der Waals surface area contributed by atoms with Crippen LogP contribution in [0.5, 0.6) is 5.75 Å². The zero-order valence-electron chi connectivity index (χ0n) is 7.84. The van der Waals surface area contributed by atoms with Crippen molar-refractivity contribution in [3.8, 4) is 5.75 Å². The number of nitro benzene ring substituents is 1. The summed E-state index contributed by atoms with van der Waals surface area (Å²) in [5.74, 6) is 0.591. The summed E-state index contributed by atoms with van der Waals surface area (Å²) < 4.78 is 5.25. The molecule has 0 unspecified atom stereocenters. The van der Waals surface area contributed by atoms with Crippen LogP contribution in [-0.2, 0) is 0 Å². The van der Waals surface area contributed by atoms with Gasteiger partial charge >= 0.3 is 0 Å². The van der Waals surface area contributed by atoms with Crippen molar-refractivity contribution in [1.29, 1.82) is 0 Å². The van der Waals surface area contributed by atoms with E-state index in [9.17, 15) is 10.1 Å². The van der Waals surface area contributed by atoms with Gasteiger partial charge in [-0.3, -0.25) is 10.1 Å². The van der Waals surface area contributed by atoms with Crippen LogP contribution in [0, 0.1) is 10.1 Å². The molecule has 76 valence electrons. The molecule has 0 aromatic heterocycles. The fourth-order valence-corrected chi connectivity index (χ4v) is 0.892. The molecule has 5 heteroatoms. The van der Waals surface area contributed by atoms with Crippen molar-refractivity contribution < 1.29 is 9.66 Å². The van der Waals surface area contributed by atoms with Crippen LogP contribution < -0.4 is 10.5 Å². The summed E-state index contributed by atoms with van der Waals surface area (Å²) in [7, 11) is 0. The SMILES string of the molecule is C[C@H](N)COc1ccc([N+](=O)[O-])cc1. The molecule has 0 aliphatic heterocycles. The summed E-state index contributed by atoms with van der Waals surface area (Å²) in [4.78, 5) is 9.87. The number of non-ortho nitro benzene ring substituents is 1. The van der Waals surface area contributed by atoms with E-state index >= 15 is 0 Å². The van der Waals surface area contributed by atoms with E-state index < -0.39 is 4.92 Å². The fraction of sp³-hybridized carbons (Fsp3) is 0.333. The summed E-state index contributed by atoms with van der Waals surface area (Å²) in [6.07, 6.45) is 0. The number of rotatable bonds is 4. The molecule has 0 amide bonds. The Kier molecular flexibility index (Phi) is 3.41. The second kappa shape index (κ2) is 4.57. The topological polar surface area (TPSA) is 78.4 Å². The molecule has 2 N–H and O–H groups in total. The van der Waals surface area contributed by atoms with Crippen molar-refractivity contribution >= 4 is 5.69 Å². The molecule has 0 saturated heterocycles. The van der Waals surface area contributed by atoms with E-state index in [1.165, 1.54) is 12.1 Å². The normalized spacial score (nSPS) is 12.1. The summed E-state index contributed by atoms with van der Waals surface area (Å²) in [5.41, 5.74) is 5.54. The summed E-state index contributed by atoms with van der Waals surface area (Å²) in [6, 6.07) is 5.86. The Morgan fingerprint density at radius 3 is 2.50 bits per heavy atom. The number of ether oxygens (including phenoxy) is 1. The first-order valence-corrected chi connectivity index (χ1v) is 4.22. The van der Waals surface area contributed by atoms with Gasteiger partial charge in [-0.05, 0) is 19.1 Å². The van der Waals surface area contributed by atoms with E-state index in [-0.39, 0.29) is 11.7 Å². The smallest absolute Gasteiger partial charge is 0.269 e. The van der Waals surface area contributed by atoms with Gasteiger partial charge in [0.25, 0.3) is 5.69 Å². The lowest BCUT2D eigenvalue weighted by atomic mass is 10.3. The minimum Gasteiger partial charge on any atom is -0.492 e. The van der Waals surface area contributed by atoms with Crippen LogP contribution in [0.15, 0.2) is 24.3 Å². The Hall–Kier alpha value is -1.62. The molecule has 0 bridgehead atoms. The van der Waals surface area contributed by atoms with Gasteiger partial charge in [0.2, 0.25) is 0 Å². The monoisotopic (exact) mass is 196 g/mol. The number of hydrogen-bond acceptors (Lipinski definition) is 4. The second-order valence-electron chi connectivity index (χ2n) is 3.04. The maximum atomic E-state index is 10.3. The Morgan fingerprint density at radius 1 is 1.50 bits per heavy atom. The van der Waals surface area contributed by atoms with Crippen molar-refractivity contribution in [3.05, 3.63) is 34.4 Å². The highest BCUT2D eigenvalue weighted by molar-refractivity contribution is 5.35. The first-order chi connectivity index (χ1) is 6.59. The fourth-order valence-electron chi connectivity index (χ4n) is 0.892. The van der Waals surface area contributed by atoms with Crippen LogP contribution in [0.2, 0.25) is 0 Å². The standard InChI is InChI=1S/C9H12N2O3/c1-7(10)6-14-9-4-2-8(3-5-9)11(12)13/h2-5,7H,6,10H2,1H3/t7-/m0/s1. The third kappa shape index (κ3) is 3.02.